The van der Waals surface area contributed by atoms with E-state index in [-0.39, 0.29) is 0 Å². The Morgan fingerprint density at radius 1 is 0.538 bits per heavy atom. The van der Waals surface area contributed by atoms with Gasteiger partial charge in [-0.2, -0.15) is 0 Å². The van der Waals surface area contributed by atoms with E-state index in [0.717, 1.165) is 0 Å². The average Bonchev–Trinajstić information content (AvgIpc) is 2.68. The lowest BCUT2D eigenvalue weighted by Crippen LogP contribution is -1.80. The van der Waals surface area contributed by atoms with Gasteiger partial charge in [0.05, 0.1) is 0 Å². The van der Waals surface area contributed by atoms with Crippen molar-refractivity contribution in [3.8, 4) is 0 Å². The molecule has 0 nitrogen and oxygen atoms in total. The highest BCUT2D eigenvalue weighted by atomic mass is 14.0. The van der Waals surface area contributed by atoms with Gasteiger partial charge in [0, 0.05) is 0 Å². The van der Waals surface area contributed by atoms with Gasteiger partial charge >= 0.3 is 0 Å². The monoisotopic (exact) mass is 354 g/mol. The Bertz CT molecular complexity index is 440. The van der Waals surface area contributed by atoms with E-state index in [1.165, 1.54) is 102 Å². The Hall–Kier alpha value is -1.30. The molecule has 0 unspecified atom stereocenters. The highest BCUT2D eigenvalue weighted by Crippen LogP contribution is 2.11. The van der Waals surface area contributed by atoms with Crippen LogP contribution in [0.1, 0.15) is 109 Å². The molecule has 0 atom stereocenters. The van der Waals surface area contributed by atoms with Crippen LogP contribution in [-0.2, 0) is 0 Å². The zero-order valence-corrected chi connectivity index (χ0v) is 17.3. The zero-order chi connectivity index (χ0) is 18.5. The summed E-state index contributed by atoms with van der Waals surface area (Å²) < 4.78 is 0. The summed E-state index contributed by atoms with van der Waals surface area (Å²) in [6.45, 7) is 2.29. The maximum Gasteiger partial charge on any atom is -0.0260 e. The van der Waals surface area contributed by atoms with Crippen molar-refractivity contribution in [2.75, 3.05) is 0 Å². The molecule has 26 heavy (non-hydrogen) atoms. The van der Waals surface area contributed by atoms with Gasteiger partial charge in [-0.1, -0.05) is 119 Å². The molecular weight excluding hydrogens is 312 g/mol. The van der Waals surface area contributed by atoms with Crippen LogP contribution in [0.5, 0.6) is 0 Å². The van der Waals surface area contributed by atoms with Crippen LogP contribution in [0.15, 0.2) is 48.6 Å². The van der Waals surface area contributed by atoms with Crippen LogP contribution in [0.25, 0.3) is 6.08 Å². The summed E-state index contributed by atoms with van der Waals surface area (Å²) in [4.78, 5) is 0. The fourth-order valence-electron chi connectivity index (χ4n) is 3.29. The Morgan fingerprint density at radius 3 is 1.54 bits per heavy atom. The molecule has 1 rings (SSSR count). The highest BCUT2D eigenvalue weighted by Gasteiger charge is 1.91. The van der Waals surface area contributed by atoms with E-state index in [1.807, 2.05) is 0 Å². The van der Waals surface area contributed by atoms with Crippen molar-refractivity contribution in [3.05, 3.63) is 54.1 Å². The van der Waals surface area contributed by atoms with Gasteiger partial charge in [0.1, 0.15) is 0 Å². The number of hydrogen-bond donors (Lipinski definition) is 0. The van der Waals surface area contributed by atoms with Gasteiger partial charge in [-0.15, -0.1) is 0 Å². The lowest BCUT2D eigenvalue weighted by Gasteiger charge is -2.00. The largest absolute Gasteiger partial charge is 0.0885 e. The number of benzene rings is 1. The Balaban J connectivity index is 1.78. The van der Waals surface area contributed by atoms with E-state index >= 15 is 0 Å². The minimum absolute atomic E-state index is 1.22. The molecule has 0 saturated heterocycles. The normalized spacial score (nSPS) is 11.7. The molecule has 0 aliphatic carbocycles. The highest BCUT2D eigenvalue weighted by molar-refractivity contribution is 5.48. The Morgan fingerprint density at radius 2 is 1.00 bits per heavy atom. The van der Waals surface area contributed by atoms with Crippen LogP contribution in [0.2, 0.25) is 0 Å². The predicted octanol–water partition coefficient (Wildman–Crippen LogP) is 9.13. The van der Waals surface area contributed by atoms with Gasteiger partial charge in [0.2, 0.25) is 0 Å². The molecule has 0 spiro atoms. The van der Waals surface area contributed by atoms with Crippen molar-refractivity contribution < 1.29 is 0 Å². The van der Waals surface area contributed by atoms with Crippen molar-refractivity contribution >= 4 is 6.08 Å². The fourth-order valence-corrected chi connectivity index (χ4v) is 3.29. The molecule has 1 aromatic rings. The third-order valence-corrected chi connectivity index (χ3v) is 4.99. The number of hydrogen-bond acceptors (Lipinski definition) is 0. The van der Waals surface area contributed by atoms with E-state index in [0.29, 0.717) is 0 Å². The molecular formula is C26H42. The van der Waals surface area contributed by atoms with Gasteiger partial charge < -0.3 is 0 Å². The van der Waals surface area contributed by atoms with Crippen molar-refractivity contribution in [2.45, 2.75) is 103 Å². The van der Waals surface area contributed by atoms with Crippen LogP contribution < -0.4 is 0 Å². The first-order chi connectivity index (χ1) is 12.9. The molecule has 0 N–H and O–H groups in total. The zero-order valence-electron chi connectivity index (χ0n) is 17.3. The second-order valence-electron chi connectivity index (χ2n) is 7.54. The standard InChI is InChI=1S/C26H42/c1-2-3-4-5-6-7-8-9-10-11-12-13-14-15-16-17-18-20-23-26-24-21-19-22-25-26/h9-10,19-25H,2-8,11-18H2,1H3/b10-9-,23-20?. The number of allylic oxidation sites excluding steroid dienone is 3. The summed E-state index contributed by atoms with van der Waals surface area (Å²) in [5.41, 5.74) is 1.32. The molecule has 0 aliphatic rings. The van der Waals surface area contributed by atoms with Crippen LogP contribution in [0.3, 0.4) is 0 Å². The van der Waals surface area contributed by atoms with Gasteiger partial charge in [-0.25, -0.2) is 0 Å². The summed E-state index contributed by atoms with van der Waals surface area (Å²) in [5.74, 6) is 0. The smallest absolute Gasteiger partial charge is 0.0260 e. The maximum atomic E-state index is 2.42. The first kappa shape index (κ1) is 22.7. The predicted molar refractivity (Wildman–Crippen MR) is 120 cm³/mol. The summed E-state index contributed by atoms with van der Waals surface area (Å²) in [7, 11) is 0. The molecule has 146 valence electrons. The van der Waals surface area contributed by atoms with Gasteiger partial charge in [0.15, 0.2) is 0 Å². The molecule has 0 aromatic heterocycles. The summed E-state index contributed by atoms with van der Waals surface area (Å²) >= 11 is 0. The number of rotatable bonds is 17. The quantitative estimate of drug-likeness (QED) is 0.193. The van der Waals surface area contributed by atoms with Crippen molar-refractivity contribution in [3.63, 3.8) is 0 Å². The topological polar surface area (TPSA) is 0 Å². The minimum atomic E-state index is 1.22. The van der Waals surface area contributed by atoms with E-state index in [9.17, 15) is 0 Å². The van der Waals surface area contributed by atoms with Crippen LogP contribution >= 0.6 is 0 Å². The Kier molecular flexibility index (Phi) is 16.2. The van der Waals surface area contributed by atoms with Crippen LogP contribution in [-0.4, -0.2) is 0 Å². The molecule has 0 radical (unpaired) electrons. The lowest BCUT2D eigenvalue weighted by atomic mass is 10.1. The third-order valence-electron chi connectivity index (χ3n) is 4.99. The lowest BCUT2D eigenvalue weighted by molar-refractivity contribution is 0.599. The van der Waals surface area contributed by atoms with Gasteiger partial charge in [-0.3, -0.25) is 0 Å². The van der Waals surface area contributed by atoms with Crippen molar-refractivity contribution in [1.29, 1.82) is 0 Å². The summed E-state index contributed by atoms with van der Waals surface area (Å²) in [6.07, 6.45) is 30.0. The third kappa shape index (κ3) is 15.0. The van der Waals surface area contributed by atoms with E-state index in [2.05, 4.69) is 61.6 Å². The molecule has 1 aromatic carbocycles. The Labute approximate surface area is 163 Å². The maximum absolute atomic E-state index is 2.42. The van der Waals surface area contributed by atoms with Crippen molar-refractivity contribution in [2.24, 2.45) is 0 Å². The second-order valence-corrected chi connectivity index (χ2v) is 7.54. The molecule has 0 bridgehead atoms. The minimum Gasteiger partial charge on any atom is -0.0885 e. The summed E-state index contributed by atoms with van der Waals surface area (Å²) in [6, 6.07) is 10.6. The first-order valence-electron chi connectivity index (χ1n) is 11.3. The van der Waals surface area contributed by atoms with Gasteiger partial charge in [0.25, 0.3) is 0 Å². The van der Waals surface area contributed by atoms with E-state index in [1.54, 1.807) is 0 Å². The molecule has 0 fully saturated rings. The summed E-state index contributed by atoms with van der Waals surface area (Å²) in [5, 5.41) is 0. The molecule has 0 saturated carbocycles. The average molecular weight is 355 g/mol. The van der Waals surface area contributed by atoms with Crippen LogP contribution in [0.4, 0.5) is 0 Å². The molecule has 0 amide bonds. The number of unbranched alkanes of at least 4 members (excludes halogenated alkanes) is 13. The molecule has 0 heteroatoms. The van der Waals surface area contributed by atoms with E-state index < -0.39 is 0 Å². The molecule has 0 heterocycles. The SMILES string of the molecule is CCCCCCCC/C=C\CCCCCCCCC=Cc1ccccc1. The van der Waals surface area contributed by atoms with Crippen molar-refractivity contribution in [1.82, 2.24) is 0 Å². The second kappa shape index (κ2) is 18.5. The van der Waals surface area contributed by atoms with E-state index in [4.69, 9.17) is 0 Å². The fraction of sp³-hybridized carbons (Fsp3) is 0.615. The van der Waals surface area contributed by atoms with Gasteiger partial charge in [-0.05, 0) is 44.1 Å². The first-order valence-corrected chi connectivity index (χ1v) is 11.3. The van der Waals surface area contributed by atoms with Crippen LogP contribution in [0, 0.1) is 0 Å². The molecule has 0 aliphatic heterocycles.